The number of benzene rings is 1. The van der Waals surface area contributed by atoms with Gasteiger partial charge in [0.25, 0.3) is 0 Å². The highest BCUT2D eigenvalue weighted by Crippen LogP contribution is 2.13. The van der Waals surface area contributed by atoms with Gasteiger partial charge in [-0.3, -0.25) is 0 Å². The van der Waals surface area contributed by atoms with Crippen molar-refractivity contribution in [3.63, 3.8) is 0 Å². The molecule has 3 N–H and O–H groups in total. The third-order valence-electron chi connectivity index (χ3n) is 3.14. The predicted octanol–water partition coefficient (Wildman–Crippen LogP) is 2.28. The number of piperidine rings is 1. The Hall–Kier alpha value is -1.81. The number of urea groups is 1. The summed E-state index contributed by atoms with van der Waals surface area (Å²) in [5.41, 5.74) is 7.69. The van der Waals surface area contributed by atoms with Crippen LogP contribution in [0.1, 0.15) is 18.4 Å². The van der Waals surface area contributed by atoms with Gasteiger partial charge in [-0.15, -0.1) is 0 Å². The molecule has 0 bridgehead atoms. The maximum absolute atomic E-state index is 12.0. The summed E-state index contributed by atoms with van der Waals surface area (Å²) in [5.74, 6) is 0. The van der Waals surface area contributed by atoms with E-state index in [2.05, 4.69) is 11.9 Å². The molecule has 0 aromatic heterocycles. The fourth-order valence-corrected chi connectivity index (χ4v) is 2.10. The van der Waals surface area contributed by atoms with Crippen LogP contribution in [0, 0.1) is 0 Å². The fourth-order valence-electron chi connectivity index (χ4n) is 2.10. The molecule has 0 aliphatic carbocycles. The molecule has 1 atom stereocenters. The average Bonchev–Trinajstić information content (AvgIpc) is 2.39. The number of anilines is 1. The molecule has 18 heavy (non-hydrogen) atoms. The number of likely N-dealkylation sites (tertiary alicyclic amines) is 1. The second kappa shape index (κ2) is 5.69. The van der Waals surface area contributed by atoms with E-state index in [0.717, 1.165) is 30.6 Å². The van der Waals surface area contributed by atoms with Crippen molar-refractivity contribution in [1.82, 2.24) is 4.90 Å². The predicted molar refractivity (Wildman–Crippen MR) is 74.3 cm³/mol. The molecule has 1 fully saturated rings. The molecule has 0 unspecified atom stereocenters. The molecule has 2 amide bonds. The number of hydrogen-bond acceptors (Lipinski definition) is 2. The van der Waals surface area contributed by atoms with Crippen molar-refractivity contribution in [2.75, 3.05) is 18.4 Å². The van der Waals surface area contributed by atoms with Crippen molar-refractivity contribution in [3.8, 4) is 0 Å². The number of amides is 2. The first-order valence-corrected chi connectivity index (χ1v) is 6.23. The van der Waals surface area contributed by atoms with E-state index in [-0.39, 0.29) is 12.1 Å². The minimum atomic E-state index is -0.0727. The normalized spacial score (nSPS) is 19.4. The topological polar surface area (TPSA) is 58.4 Å². The van der Waals surface area contributed by atoms with Gasteiger partial charge >= 0.3 is 6.03 Å². The molecule has 0 radical (unpaired) electrons. The maximum atomic E-state index is 12.0. The summed E-state index contributed by atoms with van der Waals surface area (Å²) in [6.07, 6.45) is 3.75. The molecule has 96 valence electrons. The van der Waals surface area contributed by atoms with Crippen molar-refractivity contribution >= 4 is 17.8 Å². The molecule has 0 saturated carbocycles. The summed E-state index contributed by atoms with van der Waals surface area (Å²) in [5, 5.41) is 2.88. The van der Waals surface area contributed by atoms with Crippen molar-refractivity contribution in [2.24, 2.45) is 5.73 Å². The zero-order valence-electron chi connectivity index (χ0n) is 10.4. The monoisotopic (exact) mass is 245 g/mol. The molecular formula is C14H19N3O. The van der Waals surface area contributed by atoms with E-state index in [4.69, 9.17) is 5.73 Å². The Morgan fingerprint density at radius 3 is 2.78 bits per heavy atom. The summed E-state index contributed by atoms with van der Waals surface area (Å²) in [4.78, 5) is 13.8. The van der Waals surface area contributed by atoms with E-state index >= 15 is 0 Å². The molecule has 2 rings (SSSR count). The highest BCUT2D eigenvalue weighted by atomic mass is 16.2. The zero-order valence-corrected chi connectivity index (χ0v) is 10.4. The van der Waals surface area contributed by atoms with E-state index in [9.17, 15) is 4.79 Å². The summed E-state index contributed by atoms with van der Waals surface area (Å²) >= 11 is 0. The Kier molecular flexibility index (Phi) is 3.99. The molecule has 1 aromatic rings. The van der Waals surface area contributed by atoms with Gasteiger partial charge in [0.15, 0.2) is 0 Å². The fraction of sp³-hybridized carbons (Fsp3) is 0.357. The minimum absolute atomic E-state index is 0.0727. The smallest absolute Gasteiger partial charge is 0.321 e. The third kappa shape index (κ3) is 3.11. The lowest BCUT2D eigenvalue weighted by molar-refractivity contribution is 0.193. The second-order valence-corrected chi connectivity index (χ2v) is 4.60. The minimum Gasteiger partial charge on any atom is -0.326 e. The van der Waals surface area contributed by atoms with Gasteiger partial charge < -0.3 is 16.0 Å². The Morgan fingerprint density at radius 2 is 2.17 bits per heavy atom. The lowest BCUT2D eigenvalue weighted by Crippen LogP contribution is -2.47. The molecular weight excluding hydrogens is 226 g/mol. The van der Waals surface area contributed by atoms with Gasteiger partial charge in [-0.1, -0.05) is 24.8 Å². The molecule has 1 aliphatic heterocycles. The Labute approximate surface area is 107 Å². The summed E-state index contributed by atoms with van der Waals surface area (Å²) in [6.45, 7) is 5.11. The van der Waals surface area contributed by atoms with Gasteiger partial charge in [0.05, 0.1) is 0 Å². The lowest BCUT2D eigenvalue weighted by Gasteiger charge is -2.30. The molecule has 1 aliphatic rings. The van der Waals surface area contributed by atoms with E-state index in [0.29, 0.717) is 6.54 Å². The Bertz CT molecular complexity index is 427. The Morgan fingerprint density at radius 1 is 1.44 bits per heavy atom. The summed E-state index contributed by atoms with van der Waals surface area (Å²) in [7, 11) is 0. The Balaban J connectivity index is 1.95. The lowest BCUT2D eigenvalue weighted by atomic mass is 10.1. The van der Waals surface area contributed by atoms with Crippen LogP contribution in [-0.2, 0) is 0 Å². The molecule has 4 nitrogen and oxygen atoms in total. The SMILES string of the molecule is C=Cc1ccc(NC(=O)N2CCC[C@H](N)C2)cc1. The molecule has 1 heterocycles. The number of hydrogen-bond donors (Lipinski definition) is 2. The van der Waals surface area contributed by atoms with Crippen LogP contribution in [0.15, 0.2) is 30.8 Å². The van der Waals surface area contributed by atoms with Gasteiger partial charge in [-0.2, -0.15) is 0 Å². The molecule has 0 spiro atoms. The van der Waals surface area contributed by atoms with Crippen molar-refractivity contribution in [3.05, 3.63) is 36.4 Å². The van der Waals surface area contributed by atoms with Crippen LogP contribution in [0.3, 0.4) is 0 Å². The number of rotatable bonds is 2. The van der Waals surface area contributed by atoms with Gasteiger partial charge in [-0.05, 0) is 30.5 Å². The first-order valence-electron chi connectivity index (χ1n) is 6.23. The van der Waals surface area contributed by atoms with Crippen LogP contribution in [0.25, 0.3) is 6.08 Å². The first-order chi connectivity index (χ1) is 8.69. The van der Waals surface area contributed by atoms with E-state index in [1.54, 1.807) is 11.0 Å². The molecule has 1 saturated heterocycles. The van der Waals surface area contributed by atoms with Crippen LogP contribution < -0.4 is 11.1 Å². The standard InChI is InChI=1S/C14H19N3O/c1-2-11-5-7-13(8-6-11)16-14(18)17-9-3-4-12(15)10-17/h2,5-8,12H,1,3-4,9-10,15H2,(H,16,18)/t12-/m0/s1. The largest absolute Gasteiger partial charge is 0.326 e. The number of carbonyl (C=O) groups excluding carboxylic acids is 1. The second-order valence-electron chi connectivity index (χ2n) is 4.60. The third-order valence-corrected chi connectivity index (χ3v) is 3.14. The summed E-state index contributed by atoms with van der Waals surface area (Å²) < 4.78 is 0. The van der Waals surface area contributed by atoms with Crippen LogP contribution >= 0.6 is 0 Å². The molecule has 4 heteroatoms. The number of nitrogens with one attached hydrogen (secondary N) is 1. The highest BCUT2D eigenvalue weighted by Gasteiger charge is 2.20. The first kappa shape index (κ1) is 12.6. The van der Waals surface area contributed by atoms with Gasteiger partial charge in [-0.25, -0.2) is 4.79 Å². The van der Waals surface area contributed by atoms with Crippen molar-refractivity contribution < 1.29 is 4.79 Å². The zero-order chi connectivity index (χ0) is 13.0. The van der Waals surface area contributed by atoms with E-state index in [1.807, 2.05) is 24.3 Å². The number of nitrogens with two attached hydrogens (primary N) is 1. The van der Waals surface area contributed by atoms with Gasteiger partial charge in [0.2, 0.25) is 0 Å². The number of carbonyl (C=O) groups is 1. The average molecular weight is 245 g/mol. The molecule has 1 aromatic carbocycles. The van der Waals surface area contributed by atoms with Gasteiger partial charge in [0, 0.05) is 24.8 Å². The summed E-state index contributed by atoms with van der Waals surface area (Å²) in [6, 6.07) is 7.62. The quantitative estimate of drug-likeness (QED) is 0.839. The number of nitrogens with zero attached hydrogens (tertiary/aromatic N) is 1. The van der Waals surface area contributed by atoms with Crippen LogP contribution in [-0.4, -0.2) is 30.1 Å². The maximum Gasteiger partial charge on any atom is 0.321 e. The highest BCUT2D eigenvalue weighted by molar-refractivity contribution is 5.89. The van der Waals surface area contributed by atoms with E-state index < -0.39 is 0 Å². The van der Waals surface area contributed by atoms with Crippen molar-refractivity contribution in [2.45, 2.75) is 18.9 Å². The van der Waals surface area contributed by atoms with E-state index in [1.165, 1.54) is 0 Å². The van der Waals surface area contributed by atoms with Crippen LogP contribution in [0.5, 0.6) is 0 Å². The van der Waals surface area contributed by atoms with Crippen molar-refractivity contribution in [1.29, 1.82) is 0 Å². The van der Waals surface area contributed by atoms with Gasteiger partial charge in [0.1, 0.15) is 0 Å². The van der Waals surface area contributed by atoms with Crippen LogP contribution in [0.4, 0.5) is 10.5 Å². The van der Waals surface area contributed by atoms with Crippen LogP contribution in [0.2, 0.25) is 0 Å².